The Morgan fingerprint density at radius 2 is 2.02 bits per heavy atom. The summed E-state index contributed by atoms with van der Waals surface area (Å²) < 4.78 is 35.3. The summed E-state index contributed by atoms with van der Waals surface area (Å²) in [7, 11) is 0. The Kier molecular flexibility index (Phi) is 6.05. The van der Waals surface area contributed by atoms with Crippen LogP contribution in [0, 0.1) is 18.2 Å². The number of aromatic nitrogens is 2. The van der Waals surface area contributed by atoms with Crippen molar-refractivity contribution in [2.75, 3.05) is 37.7 Å². The minimum atomic E-state index is -1.23. The lowest BCUT2D eigenvalue weighted by atomic mass is 9.78. The van der Waals surface area contributed by atoms with Crippen molar-refractivity contribution in [3.05, 3.63) is 70.1 Å². The number of halogens is 1. The number of benzene rings is 2. The largest absolute Gasteiger partial charge is 0.477 e. The maximum Gasteiger partial charge on any atom is 0.346 e. The zero-order valence-corrected chi connectivity index (χ0v) is 25.0. The number of anilines is 1. The Bertz CT molecular complexity index is 1760. The fourth-order valence-corrected chi connectivity index (χ4v) is 7.93. The number of carboxylic acids is 1. The highest BCUT2D eigenvalue weighted by molar-refractivity contribution is 7.20. The first-order chi connectivity index (χ1) is 20.7. The number of aryl methyl sites for hydroxylation is 1. The van der Waals surface area contributed by atoms with Gasteiger partial charge in [0, 0.05) is 38.6 Å². The van der Waals surface area contributed by atoms with Crippen LogP contribution in [0.25, 0.3) is 10.3 Å². The van der Waals surface area contributed by atoms with Crippen LogP contribution in [0.4, 0.5) is 10.1 Å². The molecule has 224 valence electrons. The van der Waals surface area contributed by atoms with Gasteiger partial charge in [-0.25, -0.2) is 14.2 Å². The number of rotatable bonds is 7. The van der Waals surface area contributed by atoms with Crippen molar-refractivity contribution in [1.29, 1.82) is 0 Å². The highest BCUT2D eigenvalue weighted by Gasteiger charge is 2.50. The van der Waals surface area contributed by atoms with Crippen LogP contribution >= 0.6 is 11.3 Å². The number of hydrogen-bond donors (Lipinski definition) is 1. The number of likely N-dealkylation sites (tertiary alicyclic amines) is 1. The lowest BCUT2D eigenvalue weighted by molar-refractivity contribution is -0.0706. The fraction of sp³-hybridized carbons (Fsp3) is 0.438. The molecule has 0 radical (unpaired) electrons. The van der Waals surface area contributed by atoms with Gasteiger partial charge in [-0.15, -0.1) is 11.3 Å². The highest BCUT2D eigenvalue weighted by Crippen LogP contribution is 2.53. The maximum absolute atomic E-state index is 14.9. The molecule has 4 aromatic rings. The Balaban J connectivity index is 0.969. The van der Waals surface area contributed by atoms with Gasteiger partial charge < -0.3 is 28.8 Å². The van der Waals surface area contributed by atoms with Gasteiger partial charge in [0.1, 0.15) is 21.3 Å². The number of para-hydroxylation sites is 1. The Morgan fingerprint density at radius 1 is 1.19 bits per heavy atom. The average molecular weight is 605 g/mol. The monoisotopic (exact) mass is 604 g/mol. The van der Waals surface area contributed by atoms with Gasteiger partial charge in [-0.05, 0) is 62.2 Å². The molecular weight excluding hydrogens is 571 g/mol. The van der Waals surface area contributed by atoms with E-state index in [0.29, 0.717) is 28.5 Å². The van der Waals surface area contributed by atoms with Gasteiger partial charge in [-0.3, -0.25) is 4.90 Å². The molecule has 43 heavy (non-hydrogen) atoms. The van der Waals surface area contributed by atoms with E-state index in [1.54, 1.807) is 19.1 Å². The van der Waals surface area contributed by atoms with Gasteiger partial charge in [0.05, 0.1) is 36.0 Å². The predicted octanol–water partition coefficient (Wildman–Crippen LogP) is 5.39. The zero-order chi connectivity index (χ0) is 29.5. The molecule has 1 spiro atoms. The summed E-state index contributed by atoms with van der Waals surface area (Å²) in [6.07, 6.45) is 2.25. The third kappa shape index (κ3) is 4.47. The van der Waals surface area contributed by atoms with Crippen molar-refractivity contribution >= 4 is 33.3 Å². The molecule has 0 saturated carbocycles. The van der Waals surface area contributed by atoms with Crippen LogP contribution in [0.15, 0.2) is 42.5 Å². The van der Waals surface area contributed by atoms with E-state index in [-0.39, 0.29) is 17.3 Å². The quantitative estimate of drug-likeness (QED) is 0.301. The maximum atomic E-state index is 14.9. The molecule has 9 nitrogen and oxygen atoms in total. The van der Waals surface area contributed by atoms with E-state index in [9.17, 15) is 14.3 Å². The zero-order valence-electron chi connectivity index (χ0n) is 24.1. The molecule has 1 N–H and O–H groups in total. The lowest BCUT2D eigenvalue weighted by Gasteiger charge is -2.49. The van der Waals surface area contributed by atoms with E-state index >= 15 is 0 Å². The molecule has 4 aliphatic rings. The summed E-state index contributed by atoms with van der Waals surface area (Å²) in [6, 6.07) is 12.8. The Hall–Kier alpha value is -3.67. The SMILES string of the molecule is Cc1ccc(C2(C)Oc3cccc(N4CC5(CCN(Cc6nc7sc(C(=O)O)cc7n6C[C@@H]6CCO6)C5)C4)c3O2)c(F)c1. The van der Waals surface area contributed by atoms with E-state index in [2.05, 4.69) is 20.4 Å². The number of carbonyl (C=O) groups is 1. The molecule has 11 heteroatoms. The Labute approximate surface area is 252 Å². The van der Waals surface area contributed by atoms with Crippen molar-refractivity contribution < 1.29 is 28.5 Å². The molecule has 3 fully saturated rings. The molecule has 2 aromatic heterocycles. The van der Waals surface area contributed by atoms with Crippen molar-refractivity contribution in [1.82, 2.24) is 14.5 Å². The molecule has 0 amide bonds. The first-order valence-electron chi connectivity index (χ1n) is 14.8. The molecule has 8 rings (SSSR count). The second-order valence-electron chi connectivity index (χ2n) is 12.6. The summed E-state index contributed by atoms with van der Waals surface area (Å²) in [6.45, 7) is 9.56. The predicted molar refractivity (Wildman–Crippen MR) is 160 cm³/mol. The van der Waals surface area contributed by atoms with Crippen molar-refractivity contribution in [3.63, 3.8) is 0 Å². The van der Waals surface area contributed by atoms with Gasteiger partial charge in [-0.2, -0.15) is 0 Å². The molecule has 6 heterocycles. The third-order valence-corrected chi connectivity index (χ3v) is 10.4. The summed E-state index contributed by atoms with van der Waals surface area (Å²) in [5.74, 6) is -0.225. The molecule has 2 atom stereocenters. The minimum absolute atomic E-state index is 0.151. The van der Waals surface area contributed by atoms with Gasteiger partial charge >= 0.3 is 5.97 Å². The van der Waals surface area contributed by atoms with Crippen LogP contribution in [-0.4, -0.2) is 64.4 Å². The van der Waals surface area contributed by atoms with Crippen molar-refractivity contribution in [2.24, 2.45) is 5.41 Å². The van der Waals surface area contributed by atoms with Gasteiger partial charge in [0.2, 0.25) is 0 Å². The van der Waals surface area contributed by atoms with Gasteiger partial charge in [-0.1, -0.05) is 12.1 Å². The number of thiophene rings is 1. The summed E-state index contributed by atoms with van der Waals surface area (Å²) in [5, 5.41) is 9.48. The lowest BCUT2D eigenvalue weighted by Crippen LogP contribution is -2.57. The molecule has 0 aliphatic carbocycles. The smallest absolute Gasteiger partial charge is 0.346 e. The van der Waals surface area contributed by atoms with E-state index in [4.69, 9.17) is 19.2 Å². The molecule has 1 unspecified atom stereocenters. The van der Waals surface area contributed by atoms with Gasteiger partial charge in [0.25, 0.3) is 5.79 Å². The van der Waals surface area contributed by atoms with Crippen LogP contribution < -0.4 is 14.4 Å². The fourth-order valence-electron chi connectivity index (χ4n) is 7.04. The number of fused-ring (bicyclic) bond motifs is 2. The number of ether oxygens (including phenoxy) is 3. The van der Waals surface area contributed by atoms with E-state index < -0.39 is 11.8 Å². The number of imidazole rings is 1. The number of carboxylic acid groups (broad SMARTS) is 1. The van der Waals surface area contributed by atoms with Crippen LogP contribution in [0.3, 0.4) is 0 Å². The molecule has 4 aliphatic heterocycles. The summed E-state index contributed by atoms with van der Waals surface area (Å²) in [5.41, 5.74) is 3.27. The summed E-state index contributed by atoms with van der Waals surface area (Å²) in [4.78, 5) is 22.3. The summed E-state index contributed by atoms with van der Waals surface area (Å²) >= 11 is 1.23. The van der Waals surface area contributed by atoms with Crippen LogP contribution in [0.5, 0.6) is 11.5 Å². The van der Waals surface area contributed by atoms with Crippen molar-refractivity contribution in [3.8, 4) is 11.5 Å². The third-order valence-electron chi connectivity index (χ3n) is 9.37. The minimum Gasteiger partial charge on any atom is -0.477 e. The van der Waals surface area contributed by atoms with Crippen molar-refractivity contribution in [2.45, 2.75) is 51.7 Å². The second-order valence-corrected chi connectivity index (χ2v) is 13.6. The van der Waals surface area contributed by atoms with Crippen LogP contribution in [-0.2, 0) is 23.6 Å². The van der Waals surface area contributed by atoms with E-state index in [1.807, 2.05) is 25.1 Å². The van der Waals surface area contributed by atoms with E-state index in [0.717, 1.165) is 79.6 Å². The van der Waals surface area contributed by atoms with Crippen LogP contribution in [0.2, 0.25) is 0 Å². The van der Waals surface area contributed by atoms with Crippen LogP contribution in [0.1, 0.15) is 46.4 Å². The topological polar surface area (TPSA) is 89.3 Å². The molecule has 0 bridgehead atoms. The second kappa shape index (κ2) is 9.67. The standard InChI is InChI=1S/C32H33FN4O5S/c1-19-6-7-21(22(33)12-19)31(2)41-25-5-3-4-23(28(25)42-31)36-17-32(18-36)9-10-35(16-32)15-27-34-29-24(13-26(43-29)30(38)39)37(27)14-20-8-11-40-20/h3-7,12-13,20H,8-11,14-18H2,1-2H3,(H,38,39)/t20-,31?/m0/s1. The number of hydrogen-bond acceptors (Lipinski definition) is 8. The first-order valence-corrected chi connectivity index (χ1v) is 15.6. The normalized spacial score (nSPS) is 24.1. The molecular formula is C32H33FN4O5S. The van der Waals surface area contributed by atoms with Gasteiger partial charge in [0.15, 0.2) is 11.5 Å². The number of nitrogens with zero attached hydrogens (tertiary/aromatic N) is 4. The highest BCUT2D eigenvalue weighted by atomic mass is 32.1. The van der Waals surface area contributed by atoms with E-state index in [1.165, 1.54) is 17.4 Å². The molecule has 3 saturated heterocycles. The average Bonchev–Trinajstić information content (AvgIpc) is 3.67. The number of aromatic carboxylic acids is 1. The molecule has 2 aromatic carbocycles. The Morgan fingerprint density at radius 3 is 2.77 bits per heavy atom. The first kappa shape index (κ1) is 26.9.